The normalized spacial score (nSPS) is 18.9. The number of hydrogen-bond acceptors (Lipinski definition) is 2. The van der Waals surface area contributed by atoms with Crippen molar-refractivity contribution in [2.45, 2.75) is 45.9 Å². The minimum Gasteiger partial charge on any atom is -0.376 e. The zero-order chi connectivity index (χ0) is 14.7. The molecule has 1 fully saturated rings. The SMILES string of the molecule is CC(C)CNCc1ccc2ccn(CC3CCCO3)c2c1. The number of hydrogen-bond donors (Lipinski definition) is 1. The highest BCUT2D eigenvalue weighted by Gasteiger charge is 2.16. The van der Waals surface area contributed by atoms with E-state index in [4.69, 9.17) is 4.74 Å². The fourth-order valence-corrected chi connectivity index (χ4v) is 3.01. The second-order valence-electron chi connectivity index (χ2n) is 6.52. The molecule has 114 valence electrons. The van der Waals surface area contributed by atoms with Crippen molar-refractivity contribution in [1.29, 1.82) is 0 Å². The molecule has 1 atom stereocenters. The van der Waals surface area contributed by atoms with Gasteiger partial charge in [-0.05, 0) is 48.4 Å². The second-order valence-corrected chi connectivity index (χ2v) is 6.52. The molecular formula is C18H26N2O. The molecule has 1 saturated heterocycles. The molecule has 3 nitrogen and oxygen atoms in total. The molecule has 0 amide bonds. The van der Waals surface area contributed by atoms with Crippen LogP contribution in [-0.4, -0.2) is 23.8 Å². The van der Waals surface area contributed by atoms with Gasteiger partial charge in [-0.1, -0.05) is 26.0 Å². The quantitative estimate of drug-likeness (QED) is 0.878. The summed E-state index contributed by atoms with van der Waals surface area (Å²) in [4.78, 5) is 0. The average Bonchev–Trinajstić information content (AvgIpc) is 3.09. The maximum absolute atomic E-state index is 5.76. The first-order valence-corrected chi connectivity index (χ1v) is 8.12. The molecule has 1 unspecified atom stereocenters. The van der Waals surface area contributed by atoms with Gasteiger partial charge in [0.1, 0.15) is 0 Å². The summed E-state index contributed by atoms with van der Waals surface area (Å²) in [6.45, 7) is 8.39. The van der Waals surface area contributed by atoms with E-state index in [0.29, 0.717) is 12.0 Å². The van der Waals surface area contributed by atoms with E-state index in [-0.39, 0.29) is 0 Å². The van der Waals surface area contributed by atoms with Crippen molar-refractivity contribution in [3.8, 4) is 0 Å². The number of aromatic nitrogens is 1. The van der Waals surface area contributed by atoms with Crippen molar-refractivity contribution >= 4 is 10.9 Å². The lowest BCUT2D eigenvalue weighted by Gasteiger charge is -2.13. The third kappa shape index (κ3) is 3.66. The zero-order valence-electron chi connectivity index (χ0n) is 13.1. The number of nitrogens with one attached hydrogen (secondary N) is 1. The van der Waals surface area contributed by atoms with Crippen LogP contribution in [0.15, 0.2) is 30.5 Å². The molecule has 3 heteroatoms. The Morgan fingerprint density at radius 3 is 3.00 bits per heavy atom. The van der Waals surface area contributed by atoms with Crippen LogP contribution in [0.25, 0.3) is 10.9 Å². The Labute approximate surface area is 127 Å². The smallest absolute Gasteiger partial charge is 0.0754 e. The molecule has 1 aliphatic heterocycles. The van der Waals surface area contributed by atoms with E-state index in [2.05, 4.69) is 54.2 Å². The fraction of sp³-hybridized carbons (Fsp3) is 0.556. The highest BCUT2D eigenvalue weighted by atomic mass is 16.5. The van der Waals surface area contributed by atoms with Gasteiger partial charge in [0.2, 0.25) is 0 Å². The van der Waals surface area contributed by atoms with Crippen LogP contribution in [0, 0.1) is 5.92 Å². The highest BCUT2D eigenvalue weighted by molar-refractivity contribution is 5.80. The monoisotopic (exact) mass is 286 g/mol. The Kier molecular flexibility index (Phi) is 4.61. The van der Waals surface area contributed by atoms with Gasteiger partial charge in [-0.3, -0.25) is 0 Å². The number of fused-ring (bicyclic) bond motifs is 1. The third-order valence-electron chi connectivity index (χ3n) is 4.14. The summed E-state index contributed by atoms with van der Waals surface area (Å²) in [6.07, 6.45) is 4.98. The molecule has 2 aromatic rings. The van der Waals surface area contributed by atoms with Crippen LogP contribution in [0.3, 0.4) is 0 Å². The first-order chi connectivity index (χ1) is 10.2. The minimum atomic E-state index is 0.392. The molecule has 2 heterocycles. The van der Waals surface area contributed by atoms with Gasteiger partial charge in [-0.25, -0.2) is 0 Å². The summed E-state index contributed by atoms with van der Waals surface area (Å²) in [5.41, 5.74) is 2.68. The van der Waals surface area contributed by atoms with Crippen molar-refractivity contribution in [3.05, 3.63) is 36.0 Å². The van der Waals surface area contributed by atoms with Gasteiger partial charge >= 0.3 is 0 Å². The van der Waals surface area contributed by atoms with E-state index < -0.39 is 0 Å². The van der Waals surface area contributed by atoms with Gasteiger partial charge in [-0.15, -0.1) is 0 Å². The largest absolute Gasteiger partial charge is 0.376 e. The lowest BCUT2D eigenvalue weighted by molar-refractivity contribution is 0.0980. The van der Waals surface area contributed by atoms with Crippen LogP contribution in [0.1, 0.15) is 32.3 Å². The van der Waals surface area contributed by atoms with Crippen molar-refractivity contribution in [3.63, 3.8) is 0 Å². The number of nitrogens with zero attached hydrogens (tertiary/aromatic N) is 1. The van der Waals surface area contributed by atoms with Crippen LogP contribution in [0.2, 0.25) is 0 Å². The Bertz CT molecular complexity index is 582. The van der Waals surface area contributed by atoms with Crippen molar-refractivity contribution in [1.82, 2.24) is 9.88 Å². The van der Waals surface area contributed by atoms with E-state index in [9.17, 15) is 0 Å². The molecule has 0 radical (unpaired) electrons. The lowest BCUT2D eigenvalue weighted by Crippen LogP contribution is -2.19. The van der Waals surface area contributed by atoms with Crippen molar-refractivity contribution in [2.75, 3.05) is 13.2 Å². The Hall–Kier alpha value is -1.32. The summed E-state index contributed by atoms with van der Waals surface area (Å²) >= 11 is 0. The van der Waals surface area contributed by atoms with Gasteiger partial charge in [0, 0.05) is 31.4 Å². The molecule has 0 spiro atoms. The molecule has 0 saturated carbocycles. The highest BCUT2D eigenvalue weighted by Crippen LogP contribution is 2.21. The van der Waals surface area contributed by atoms with Crippen molar-refractivity contribution in [2.24, 2.45) is 5.92 Å². The fourth-order valence-electron chi connectivity index (χ4n) is 3.01. The van der Waals surface area contributed by atoms with E-state index in [1.807, 2.05) is 0 Å². The van der Waals surface area contributed by atoms with Crippen LogP contribution >= 0.6 is 0 Å². The van der Waals surface area contributed by atoms with Gasteiger partial charge in [0.15, 0.2) is 0 Å². The topological polar surface area (TPSA) is 26.2 Å². The van der Waals surface area contributed by atoms with Crippen LogP contribution < -0.4 is 5.32 Å². The number of rotatable bonds is 6. The first-order valence-electron chi connectivity index (χ1n) is 8.12. The van der Waals surface area contributed by atoms with E-state index in [0.717, 1.165) is 26.2 Å². The summed E-state index contributed by atoms with van der Waals surface area (Å²) in [5.74, 6) is 0.692. The Morgan fingerprint density at radius 1 is 1.33 bits per heavy atom. The van der Waals surface area contributed by atoms with Crippen LogP contribution in [-0.2, 0) is 17.8 Å². The van der Waals surface area contributed by atoms with E-state index >= 15 is 0 Å². The maximum atomic E-state index is 5.76. The van der Waals surface area contributed by atoms with Gasteiger partial charge in [0.25, 0.3) is 0 Å². The van der Waals surface area contributed by atoms with Crippen LogP contribution in [0.4, 0.5) is 0 Å². The second kappa shape index (κ2) is 6.63. The molecule has 0 aliphatic carbocycles. The molecule has 1 N–H and O–H groups in total. The minimum absolute atomic E-state index is 0.392. The Morgan fingerprint density at radius 2 is 2.24 bits per heavy atom. The zero-order valence-corrected chi connectivity index (χ0v) is 13.1. The van der Waals surface area contributed by atoms with E-state index in [1.54, 1.807) is 0 Å². The number of ether oxygens (including phenoxy) is 1. The first kappa shape index (κ1) is 14.6. The molecule has 1 aliphatic rings. The molecule has 0 bridgehead atoms. The predicted molar refractivity (Wildman–Crippen MR) is 87.5 cm³/mol. The predicted octanol–water partition coefficient (Wildman–Crippen LogP) is 3.57. The molecule has 3 rings (SSSR count). The third-order valence-corrected chi connectivity index (χ3v) is 4.14. The van der Waals surface area contributed by atoms with Crippen molar-refractivity contribution < 1.29 is 4.74 Å². The average molecular weight is 286 g/mol. The standard InChI is InChI=1S/C18H26N2O/c1-14(2)11-19-12-15-5-6-16-7-8-20(18(16)10-15)13-17-4-3-9-21-17/h5-8,10,14,17,19H,3-4,9,11-13H2,1-2H3. The van der Waals surface area contributed by atoms with Gasteiger partial charge in [-0.2, -0.15) is 0 Å². The molecule has 1 aromatic carbocycles. The summed E-state index contributed by atoms with van der Waals surface area (Å²) < 4.78 is 8.11. The van der Waals surface area contributed by atoms with Gasteiger partial charge in [0.05, 0.1) is 6.10 Å². The van der Waals surface area contributed by atoms with E-state index in [1.165, 1.54) is 29.3 Å². The molecule has 21 heavy (non-hydrogen) atoms. The lowest BCUT2D eigenvalue weighted by atomic mass is 10.1. The maximum Gasteiger partial charge on any atom is 0.0754 e. The number of benzene rings is 1. The molecular weight excluding hydrogens is 260 g/mol. The Balaban J connectivity index is 1.72. The van der Waals surface area contributed by atoms with Gasteiger partial charge < -0.3 is 14.6 Å². The summed E-state index contributed by atoms with van der Waals surface area (Å²) in [6, 6.07) is 8.98. The molecule has 1 aromatic heterocycles. The summed E-state index contributed by atoms with van der Waals surface area (Å²) in [5, 5.41) is 4.84. The summed E-state index contributed by atoms with van der Waals surface area (Å²) in [7, 11) is 0. The van der Waals surface area contributed by atoms with Crippen LogP contribution in [0.5, 0.6) is 0 Å².